The fraction of sp³-hybridized carbons (Fsp3) is 0.333. The van der Waals surface area contributed by atoms with Crippen molar-refractivity contribution in [1.29, 1.82) is 0 Å². The van der Waals surface area contributed by atoms with Crippen LogP contribution in [0.1, 0.15) is 49.3 Å². The van der Waals surface area contributed by atoms with Crippen molar-refractivity contribution in [3.8, 4) is 5.75 Å². The zero-order chi connectivity index (χ0) is 20.4. The predicted octanol–water partition coefficient (Wildman–Crippen LogP) is 4.45. The van der Waals surface area contributed by atoms with Gasteiger partial charge in [-0.1, -0.05) is 61.7 Å². The second-order valence-corrected chi connectivity index (χ2v) is 7.61. The number of likely N-dealkylation sites (tertiary alicyclic amines) is 1. The Morgan fingerprint density at radius 1 is 0.966 bits per heavy atom. The van der Waals surface area contributed by atoms with Crippen molar-refractivity contribution in [3.05, 3.63) is 71.3 Å². The second kappa shape index (κ2) is 8.11. The van der Waals surface area contributed by atoms with Crippen molar-refractivity contribution in [3.63, 3.8) is 0 Å². The minimum Gasteiger partial charge on any atom is -0.507 e. The lowest BCUT2D eigenvalue weighted by Crippen LogP contribution is -2.40. The molecule has 1 saturated heterocycles. The van der Waals surface area contributed by atoms with Crippen LogP contribution >= 0.6 is 0 Å². The SMILES string of the molecule is COc1ccccc1/C(O)=C1/C(=O)C(=O)N(C2CCCCC2)C1c1ccccc1. The summed E-state index contributed by atoms with van der Waals surface area (Å²) in [7, 11) is 1.52. The standard InChI is InChI=1S/C24H25NO4/c1-29-19-15-9-8-14-18(19)22(26)20-21(16-10-4-2-5-11-16)25(24(28)23(20)27)17-12-6-3-7-13-17/h2,4-5,8-11,14-15,17,21,26H,3,6-7,12-13H2,1H3/b22-20-. The summed E-state index contributed by atoms with van der Waals surface area (Å²) < 4.78 is 5.37. The summed E-state index contributed by atoms with van der Waals surface area (Å²) in [5.41, 5.74) is 1.38. The van der Waals surface area contributed by atoms with E-state index in [2.05, 4.69) is 0 Å². The van der Waals surface area contributed by atoms with Crippen LogP contribution < -0.4 is 4.74 Å². The normalized spacial score (nSPS) is 22.1. The summed E-state index contributed by atoms with van der Waals surface area (Å²) in [6, 6.07) is 15.9. The summed E-state index contributed by atoms with van der Waals surface area (Å²) in [5, 5.41) is 11.2. The van der Waals surface area contributed by atoms with Gasteiger partial charge in [0.2, 0.25) is 0 Å². The van der Waals surface area contributed by atoms with Gasteiger partial charge in [0.15, 0.2) is 0 Å². The van der Waals surface area contributed by atoms with Crippen LogP contribution in [0.2, 0.25) is 0 Å². The number of carbonyl (C=O) groups excluding carboxylic acids is 2. The molecular formula is C24H25NO4. The number of methoxy groups -OCH3 is 1. The molecule has 0 bridgehead atoms. The maximum Gasteiger partial charge on any atom is 0.295 e. The molecule has 2 fully saturated rings. The lowest BCUT2D eigenvalue weighted by atomic mass is 9.91. The van der Waals surface area contributed by atoms with Crippen molar-refractivity contribution >= 4 is 17.4 Å². The number of para-hydroxylation sites is 1. The Morgan fingerprint density at radius 2 is 1.62 bits per heavy atom. The van der Waals surface area contributed by atoms with Gasteiger partial charge < -0.3 is 14.7 Å². The number of carbonyl (C=O) groups is 2. The van der Waals surface area contributed by atoms with Crippen molar-refractivity contribution < 1.29 is 19.4 Å². The Morgan fingerprint density at radius 3 is 2.31 bits per heavy atom. The van der Waals surface area contributed by atoms with Crippen LogP contribution in [0.15, 0.2) is 60.2 Å². The average Bonchev–Trinajstić information content (AvgIpc) is 3.05. The van der Waals surface area contributed by atoms with E-state index in [-0.39, 0.29) is 17.4 Å². The molecule has 0 aromatic heterocycles. The molecule has 1 atom stereocenters. The van der Waals surface area contributed by atoms with E-state index in [0.717, 1.165) is 37.7 Å². The number of ether oxygens (including phenoxy) is 1. The summed E-state index contributed by atoms with van der Waals surface area (Å²) in [5.74, 6) is -0.885. The topological polar surface area (TPSA) is 66.8 Å². The zero-order valence-electron chi connectivity index (χ0n) is 16.5. The van der Waals surface area contributed by atoms with Crippen LogP contribution in [-0.2, 0) is 9.59 Å². The average molecular weight is 391 g/mol. The van der Waals surface area contributed by atoms with E-state index >= 15 is 0 Å². The Hall–Kier alpha value is -3.08. The summed E-state index contributed by atoms with van der Waals surface area (Å²) in [4.78, 5) is 27.9. The number of nitrogens with zero attached hydrogens (tertiary/aromatic N) is 1. The molecule has 1 amide bonds. The van der Waals surface area contributed by atoms with E-state index in [4.69, 9.17) is 4.74 Å². The van der Waals surface area contributed by atoms with E-state index in [1.54, 1.807) is 29.2 Å². The smallest absolute Gasteiger partial charge is 0.295 e. The number of rotatable bonds is 4. The van der Waals surface area contributed by atoms with Gasteiger partial charge >= 0.3 is 0 Å². The van der Waals surface area contributed by atoms with Crippen LogP contribution in [0.5, 0.6) is 5.75 Å². The molecule has 1 saturated carbocycles. The molecule has 150 valence electrons. The molecular weight excluding hydrogens is 366 g/mol. The third-order valence-corrected chi connectivity index (χ3v) is 5.93. The number of hydrogen-bond acceptors (Lipinski definition) is 4. The highest BCUT2D eigenvalue weighted by Crippen LogP contribution is 2.43. The molecule has 1 aliphatic heterocycles. The monoisotopic (exact) mass is 391 g/mol. The van der Waals surface area contributed by atoms with Crippen molar-refractivity contribution in [1.82, 2.24) is 4.90 Å². The number of Topliss-reactive ketones (excluding diaryl/α,β-unsaturated/α-hetero) is 1. The first kappa shape index (κ1) is 19.2. The summed E-state index contributed by atoms with van der Waals surface area (Å²) in [6.45, 7) is 0. The molecule has 29 heavy (non-hydrogen) atoms. The Kier molecular flexibility index (Phi) is 5.38. The van der Waals surface area contributed by atoms with Gasteiger partial charge in [0.25, 0.3) is 11.7 Å². The van der Waals surface area contributed by atoms with Gasteiger partial charge in [0.1, 0.15) is 11.5 Å². The lowest BCUT2D eigenvalue weighted by molar-refractivity contribution is -0.141. The fourth-order valence-electron chi connectivity index (χ4n) is 4.53. The molecule has 0 spiro atoms. The molecule has 1 aliphatic carbocycles. The van der Waals surface area contributed by atoms with E-state index in [1.165, 1.54) is 7.11 Å². The molecule has 1 N–H and O–H groups in total. The number of aliphatic hydroxyl groups is 1. The van der Waals surface area contributed by atoms with Crippen LogP contribution in [0, 0.1) is 0 Å². The van der Waals surface area contributed by atoms with Gasteiger partial charge in [-0.3, -0.25) is 9.59 Å². The minimum atomic E-state index is -0.632. The molecule has 1 unspecified atom stereocenters. The first-order chi connectivity index (χ1) is 14.1. The molecule has 5 heteroatoms. The molecule has 2 aliphatic rings. The van der Waals surface area contributed by atoms with Gasteiger partial charge in [0, 0.05) is 6.04 Å². The molecule has 4 rings (SSSR count). The predicted molar refractivity (Wildman–Crippen MR) is 110 cm³/mol. The van der Waals surface area contributed by atoms with Crippen molar-refractivity contribution in [2.75, 3.05) is 7.11 Å². The van der Waals surface area contributed by atoms with Crippen LogP contribution in [-0.4, -0.2) is 34.8 Å². The highest BCUT2D eigenvalue weighted by molar-refractivity contribution is 6.46. The van der Waals surface area contributed by atoms with E-state index < -0.39 is 17.7 Å². The van der Waals surface area contributed by atoms with E-state index in [9.17, 15) is 14.7 Å². The zero-order valence-corrected chi connectivity index (χ0v) is 16.5. The molecule has 0 radical (unpaired) electrons. The van der Waals surface area contributed by atoms with Crippen LogP contribution in [0.3, 0.4) is 0 Å². The van der Waals surface area contributed by atoms with Gasteiger partial charge in [-0.2, -0.15) is 0 Å². The highest BCUT2D eigenvalue weighted by atomic mass is 16.5. The first-order valence-electron chi connectivity index (χ1n) is 10.1. The van der Waals surface area contributed by atoms with Gasteiger partial charge in [0.05, 0.1) is 24.3 Å². The molecule has 1 heterocycles. The first-order valence-corrected chi connectivity index (χ1v) is 10.1. The number of hydrogen-bond donors (Lipinski definition) is 1. The fourth-order valence-corrected chi connectivity index (χ4v) is 4.53. The number of aliphatic hydroxyl groups excluding tert-OH is 1. The maximum atomic E-state index is 13.1. The second-order valence-electron chi connectivity index (χ2n) is 7.61. The quantitative estimate of drug-likeness (QED) is 0.475. The Labute approximate surface area is 170 Å². The summed E-state index contributed by atoms with van der Waals surface area (Å²) in [6.07, 6.45) is 5.00. The Bertz CT molecular complexity index is 944. The minimum absolute atomic E-state index is 0.00775. The highest BCUT2D eigenvalue weighted by Gasteiger charge is 2.48. The van der Waals surface area contributed by atoms with Crippen molar-refractivity contribution in [2.45, 2.75) is 44.2 Å². The van der Waals surface area contributed by atoms with Gasteiger partial charge in [-0.15, -0.1) is 0 Å². The van der Waals surface area contributed by atoms with Gasteiger partial charge in [-0.05, 0) is 30.5 Å². The molecule has 2 aromatic carbocycles. The third kappa shape index (κ3) is 3.41. The number of ketones is 1. The maximum absolute atomic E-state index is 13.1. The molecule has 2 aromatic rings. The van der Waals surface area contributed by atoms with Gasteiger partial charge in [-0.25, -0.2) is 0 Å². The van der Waals surface area contributed by atoms with E-state index in [1.807, 2.05) is 30.3 Å². The lowest BCUT2D eigenvalue weighted by Gasteiger charge is -2.35. The van der Waals surface area contributed by atoms with E-state index in [0.29, 0.717) is 11.3 Å². The Balaban J connectivity index is 1.89. The number of benzene rings is 2. The summed E-state index contributed by atoms with van der Waals surface area (Å²) >= 11 is 0. The van der Waals surface area contributed by atoms with Crippen LogP contribution in [0.4, 0.5) is 0 Å². The largest absolute Gasteiger partial charge is 0.507 e. The van der Waals surface area contributed by atoms with Crippen LogP contribution in [0.25, 0.3) is 5.76 Å². The molecule has 5 nitrogen and oxygen atoms in total. The van der Waals surface area contributed by atoms with Crippen molar-refractivity contribution in [2.24, 2.45) is 0 Å². The third-order valence-electron chi connectivity index (χ3n) is 5.93. The number of amides is 1.